The number of carbonyl (C=O) groups is 1. The average molecular weight is 310 g/mol. The van der Waals surface area contributed by atoms with Crippen molar-refractivity contribution < 1.29 is 13.2 Å². The highest BCUT2D eigenvalue weighted by atomic mass is 32.2. The summed E-state index contributed by atoms with van der Waals surface area (Å²) >= 11 is 0. The predicted molar refractivity (Wildman–Crippen MR) is 82.5 cm³/mol. The third-order valence-electron chi connectivity index (χ3n) is 3.77. The molecule has 1 aromatic carbocycles. The van der Waals surface area contributed by atoms with E-state index in [9.17, 15) is 13.2 Å². The molecule has 5 nitrogen and oxygen atoms in total. The van der Waals surface area contributed by atoms with Crippen LogP contribution in [0.4, 0.5) is 5.69 Å². The molecule has 2 N–H and O–H groups in total. The van der Waals surface area contributed by atoms with Crippen LogP contribution >= 0.6 is 0 Å². The Morgan fingerprint density at radius 2 is 1.76 bits per heavy atom. The van der Waals surface area contributed by atoms with Crippen molar-refractivity contribution in [3.8, 4) is 0 Å². The zero-order valence-corrected chi connectivity index (χ0v) is 13.1. The SMILES string of the molecule is CC(=O)Nc1ccc(S(=O)(=O)NCC2CCCCC2)cc1. The van der Waals surface area contributed by atoms with Crippen LogP contribution in [0.1, 0.15) is 39.0 Å². The third kappa shape index (κ3) is 4.82. The van der Waals surface area contributed by atoms with Gasteiger partial charge in [0.1, 0.15) is 0 Å². The van der Waals surface area contributed by atoms with Gasteiger partial charge in [-0.15, -0.1) is 0 Å². The van der Waals surface area contributed by atoms with E-state index in [-0.39, 0.29) is 10.8 Å². The number of sulfonamides is 1. The van der Waals surface area contributed by atoms with Crippen molar-refractivity contribution in [2.45, 2.75) is 43.9 Å². The van der Waals surface area contributed by atoms with E-state index in [0.717, 1.165) is 12.8 Å². The molecule has 0 saturated heterocycles. The predicted octanol–water partition coefficient (Wildman–Crippen LogP) is 2.50. The third-order valence-corrected chi connectivity index (χ3v) is 5.21. The van der Waals surface area contributed by atoms with E-state index in [1.165, 1.54) is 38.3 Å². The van der Waals surface area contributed by atoms with Gasteiger partial charge in [-0.2, -0.15) is 0 Å². The van der Waals surface area contributed by atoms with Crippen molar-refractivity contribution in [1.82, 2.24) is 4.72 Å². The summed E-state index contributed by atoms with van der Waals surface area (Å²) in [6.07, 6.45) is 5.84. The molecule has 1 amide bonds. The van der Waals surface area contributed by atoms with E-state index >= 15 is 0 Å². The Hall–Kier alpha value is -1.40. The van der Waals surface area contributed by atoms with Gasteiger partial charge in [-0.25, -0.2) is 13.1 Å². The first kappa shape index (κ1) is 16.0. The molecule has 1 fully saturated rings. The normalized spacial score (nSPS) is 16.6. The van der Waals surface area contributed by atoms with E-state index < -0.39 is 10.0 Å². The molecule has 1 aromatic rings. The number of hydrogen-bond acceptors (Lipinski definition) is 3. The number of carbonyl (C=O) groups excluding carboxylic acids is 1. The average Bonchev–Trinajstić information content (AvgIpc) is 2.46. The van der Waals surface area contributed by atoms with Crippen LogP contribution in [0.15, 0.2) is 29.2 Å². The molecule has 0 atom stereocenters. The summed E-state index contributed by atoms with van der Waals surface area (Å²) in [6.45, 7) is 1.92. The molecule has 1 aliphatic carbocycles. The maximum Gasteiger partial charge on any atom is 0.240 e. The Balaban J connectivity index is 1.96. The summed E-state index contributed by atoms with van der Waals surface area (Å²) in [7, 11) is -3.47. The minimum absolute atomic E-state index is 0.180. The molecule has 0 spiro atoms. The highest BCUT2D eigenvalue weighted by Gasteiger charge is 2.18. The Labute approximate surface area is 126 Å². The van der Waals surface area contributed by atoms with Gasteiger partial charge in [-0.1, -0.05) is 19.3 Å². The Morgan fingerprint density at radius 1 is 1.14 bits per heavy atom. The van der Waals surface area contributed by atoms with Crippen LogP contribution < -0.4 is 10.0 Å². The van der Waals surface area contributed by atoms with Gasteiger partial charge in [0.2, 0.25) is 15.9 Å². The standard InChI is InChI=1S/C15H22N2O3S/c1-12(18)17-14-7-9-15(10-8-14)21(19,20)16-11-13-5-3-2-4-6-13/h7-10,13,16H,2-6,11H2,1H3,(H,17,18). The minimum atomic E-state index is -3.47. The highest BCUT2D eigenvalue weighted by molar-refractivity contribution is 7.89. The van der Waals surface area contributed by atoms with Crippen LogP contribution in [0.2, 0.25) is 0 Å². The second kappa shape index (κ2) is 7.04. The lowest BCUT2D eigenvalue weighted by molar-refractivity contribution is -0.114. The number of anilines is 1. The van der Waals surface area contributed by atoms with E-state index in [4.69, 9.17) is 0 Å². The summed E-state index contributed by atoms with van der Waals surface area (Å²) in [5, 5.41) is 2.61. The van der Waals surface area contributed by atoms with Crippen LogP contribution in [-0.4, -0.2) is 20.9 Å². The molecular weight excluding hydrogens is 288 g/mol. The van der Waals surface area contributed by atoms with Crippen LogP contribution in [0.3, 0.4) is 0 Å². The fraction of sp³-hybridized carbons (Fsp3) is 0.533. The number of amides is 1. The van der Waals surface area contributed by atoms with Crippen LogP contribution in [-0.2, 0) is 14.8 Å². The van der Waals surface area contributed by atoms with Crippen LogP contribution in [0.25, 0.3) is 0 Å². The monoisotopic (exact) mass is 310 g/mol. The van der Waals surface area contributed by atoms with Gasteiger partial charge in [0.05, 0.1) is 4.90 Å². The van der Waals surface area contributed by atoms with Gasteiger partial charge < -0.3 is 5.32 Å². The summed E-state index contributed by atoms with van der Waals surface area (Å²) in [5.41, 5.74) is 0.591. The first-order valence-electron chi connectivity index (χ1n) is 7.35. The molecule has 0 unspecified atom stereocenters. The van der Waals surface area contributed by atoms with E-state index in [1.54, 1.807) is 12.1 Å². The zero-order valence-electron chi connectivity index (χ0n) is 12.3. The van der Waals surface area contributed by atoms with E-state index in [1.807, 2.05) is 0 Å². The molecule has 116 valence electrons. The lowest BCUT2D eigenvalue weighted by Gasteiger charge is -2.21. The van der Waals surface area contributed by atoms with Gasteiger partial charge >= 0.3 is 0 Å². The summed E-state index contributed by atoms with van der Waals surface area (Å²) < 4.78 is 27.1. The van der Waals surface area contributed by atoms with E-state index in [0.29, 0.717) is 18.2 Å². The molecule has 2 rings (SSSR count). The number of nitrogens with one attached hydrogen (secondary N) is 2. The second-order valence-electron chi connectivity index (χ2n) is 5.56. The molecule has 6 heteroatoms. The Bertz CT molecular complexity index is 575. The summed E-state index contributed by atoms with van der Waals surface area (Å²) in [5.74, 6) is 0.271. The molecule has 1 saturated carbocycles. The Morgan fingerprint density at radius 3 is 2.33 bits per heavy atom. The molecule has 1 aliphatic rings. The van der Waals surface area contributed by atoms with Crippen molar-refractivity contribution >= 4 is 21.6 Å². The lowest BCUT2D eigenvalue weighted by Crippen LogP contribution is -2.30. The molecular formula is C15H22N2O3S. The molecule has 0 bridgehead atoms. The number of hydrogen-bond donors (Lipinski definition) is 2. The van der Waals surface area contributed by atoms with Crippen molar-refractivity contribution in [2.75, 3.05) is 11.9 Å². The minimum Gasteiger partial charge on any atom is -0.326 e. The largest absolute Gasteiger partial charge is 0.326 e. The molecule has 0 aromatic heterocycles. The number of benzene rings is 1. The van der Waals surface area contributed by atoms with Gasteiger partial charge in [-0.05, 0) is 43.0 Å². The fourth-order valence-electron chi connectivity index (χ4n) is 2.62. The molecule has 21 heavy (non-hydrogen) atoms. The second-order valence-corrected chi connectivity index (χ2v) is 7.33. The first-order valence-corrected chi connectivity index (χ1v) is 8.83. The quantitative estimate of drug-likeness (QED) is 0.877. The fourth-order valence-corrected chi connectivity index (χ4v) is 3.74. The lowest BCUT2D eigenvalue weighted by atomic mass is 9.90. The van der Waals surface area contributed by atoms with Crippen molar-refractivity contribution in [1.29, 1.82) is 0 Å². The van der Waals surface area contributed by atoms with Gasteiger partial charge in [0, 0.05) is 19.2 Å². The van der Waals surface area contributed by atoms with E-state index in [2.05, 4.69) is 10.0 Å². The van der Waals surface area contributed by atoms with Crippen molar-refractivity contribution in [3.63, 3.8) is 0 Å². The van der Waals surface area contributed by atoms with Gasteiger partial charge in [0.15, 0.2) is 0 Å². The summed E-state index contributed by atoms with van der Waals surface area (Å²) in [4.78, 5) is 11.2. The maximum atomic E-state index is 12.2. The highest BCUT2D eigenvalue weighted by Crippen LogP contribution is 2.23. The van der Waals surface area contributed by atoms with Crippen LogP contribution in [0, 0.1) is 5.92 Å². The van der Waals surface area contributed by atoms with Gasteiger partial charge in [-0.3, -0.25) is 4.79 Å². The Kier molecular flexibility index (Phi) is 5.36. The first-order chi connectivity index (χ1) is 9.97. The van der Waals surface area contributed by atoms with Crippen LogP contribution in [0.5, 0.6) is 0 Å². The summed E-state index contributed by atoms with van der Waals surface area (Å²) in [6, 6.07) is 6.20. The van der Waals surface area contributed by atoms with Crippen molar-refractivity contribution in [3.05, 3.63) is 24.3 Å². The number of rotatable bonds is 5. The maximum absolute atomic E-state index is 12.2. The smallest absolute Gasteiger partial charge is 0.240 e. The molecule has 0 aliphatic heterocycles. The van der Waals surface area contributed by atoms with Gasteiger partial charge in [0.25, 0.3) is 0 Å². The zero-order chi connectivity index (χ0) is 15.3. The van der Waals surface area contributed by atoms with Crippen molar-refractivity contribution in [2.24, 2.45) is 5.92 Å². The molecule has 0 radical (unpaired) electrons. The molecule has 0 heterocycles. The topological polar surface area (TPSA) is 75.3 Å².